The maximum Gasteiger partial charge on any atom is 0.293 e. The Balaban J connectivity index is 0.000000195. The van der Waals surface area contributed by atoms with Gasteiger partial charge in [-0.3, -0.25) is 4.79 Å². The maximum absolute atomic E-state index is 12.5. The molecule has 0 fully saturated rings. The minimum atomic E-state index is -0.188. The zero-order valence-electron chi connectivity index (χ0n) is 8.37. The first-order chi connectivity index (χ1) is 7.27. The summed E-state index contributed by atoms with van der Waals surface area (Å²) in [5, 5.41) is 0.917. The van der Waals surface area contributed by atoms with E-state index < -0.39 is 0 Å². The number of benzene rings is 1. The molecule has 0 aliphatic heterocycles. The van der Waals surface area contributed by atoms with Crippen LogP contribution >= 0.6 is 0 Å². The molecule has 0 spiro atoms. The van der Waals surface area contributed by atoms with Crippen LogP contribution in [0.15, 0.2) is 30.5 Å². The second-order valence-corrected chi connectivity index (χ2v) is 2.76. The lowest BCUT2D eigenvalue weighted by Crippen LogP contribution is -1.80. The highest BCUT2D eigenvalue weighted by Gasteiger charge is 1.93. The molecule has 0 amide bonds. The summed E-state index contributed by atoms with van der Waals surface area (Å²) in [5.41, 5.74) is 0.974. The van der Waals surface area contributed by atoms with E-state index in [9.17, 15) is 9.18 Å². The molecule has 0 bridgehead atoms. The van der Waals surface area contributed by atoms with Crippen LogP contribution in [-0.2, 0) is 9.53 Å². The zero-order valence-corrected chi connectivity index (χ0v) is 8.37. The van der Waals surface area contributed by atoms with Crippen LogP contribution in [0.25, 0.3) is 10.9 Å². The number of H-pyrrole nitrogens is 1. The monoisotopic (exact) mass is 209 g/mol. The lowest BCUT2D eigenvalue weighted by molar-refractivity contribution is -0.128. The van der Waals surface area contributed by atoms with Crippen LogP contribution in [0.2, 0.25) is 0 Å². The Kier molecular flexibility index (Phi) is 4.34. The number of carbonyl (C=O) groups is 1. The number of aromatic nitrogens is 1. The largest absolute Gasteiger partial charge is 0.468 e. The number of nitrogens with one attached hydrogen (secondary N) is 1. The molecule has 3 nitrogen and oxygen atoms in total. The first-order valence-electron chi connectivity index (χ1n) is 4.55. The molecule has 0 atom stereocenters. The van der Waals surface area contributed by atoms with E-state index in [0.717, 1.165) is 10.9 Å². The Morgan fingerprint density at radius 3 is 2.87 bits per heavy atom. The highest BCUT2D eigenvalue weighted by molar-refractivity contribution is 5.78. The third-order valence-electron chi connectivity index (χ3n) is 1.75. The molecule has 0 radical (unpaired) electrons. The number of hydrogen-bond donors (Lipinski definition) is 1. The van der Waals surface area contributed by atoms with E-state index in [0.29, 0.717) is 13.1 Å². The average Bonchev–Trinajstić information content (AvgIpc) is 2.67. The summed E-state index contributed by atoms with van der Waals surface area (Å²) in [6.45, 7) is 2.66. The molecule has 0 saturated heterocycles. The van der Waals surface area contributed by atoms with Crippen molar-refractivity contribution in [3.05, 3.63) is 36.3 Å². The van der Waals surface area contributed by atoms with Gasteiger partial charge in [0.15, 0.2) is 0 Å². The van der Waals surface area contributed by atoms with Crippen LogP contribution in [0.1, 0.15) is 6.92 Å². The van der Waals surface area contributed by atoms with Gasteiger partial charge in [-0.05, 0) is 31.2 Å². The summed E-state index contributed by atoms with van der Waals surface area (Å²) in [6.07, 6.45) is 1.80. The molecule has 0 aliphatic rings. The molecule has 1 aromatic carbocycles. The lowest BCUT2D eigenvalue weighted by Gasteiger charge is -1.87. The first-order valence-corrected chi connectivity index (χ1v) is 4.55. The molecule has 80 valence electrons. The number of ether oxygens (including phenoxy) is 1. The van der Waals surface area contributed by atoms with Gasteiger partial charge in [-0.2, -0.15) is 0 Å². The summed E-state index contributed by atoms with van der Waals surface area (Å²) >= 11 is 0. The molecule has 1 aromatic heterocycles. The Hall–Kier alpha value is -1.84. The number of rotatable bonds is 2. The fraction of sp³-hybridized carbons (Fsp3) is 0.182. The number of aromatic amines is 1. The highest BCUT2D eigenvalue weighted by Crippen LogP contribution is 2.12. The smallest absolute Gasteiger partial charge is 0.293 e. The third-order valence-corrected chi connectivity index (χ3v) is 1.75. The van der Waals surface area contributed by atoms with Crippen LogP contribution in [0.5, 0.6) is 0 Å². The summed E-state index contributed by atoms with van der Waals surface area (Å²) in [4.78, 5) is 12.2. The van der Waals surface area contributed by atoms with Gasteiger partial charge in [0.1, 0.15) is 5.82 Å². The van der Waals surface area contributed by atoms with Crippen molar-refractivity contribution in [2.24, 2.45) is 0 Å². The quantitative estimate of drug-likeness (QED) is 0.772. The van der Waals surface area contributed by atoms with E-state index in [-0.39, 0.29) is 5.82 Å². The van der Waals surface area contributed by atoms with Crippen LogP contribution in [-0.4, -0.2) is 18.1 Å². The molecule has 0 aliphatic carbocycles. The van der Waals surface area contributed by atoms with Gasteiger partial charge < -0.3 is 9.72 Å². The minimum Gasteiger partial charge on any atom is -0.468 e. The Morgan fingerprint density at radius 1 is 1.47 bits per heavy atom. The summed E-state index contributed by atoms with van der Waals surface area (Å²) in [5.74, 6) is -0.188. The third kappa shape index (κ3) is 3.42. The van der Waals surface area contributed by atoms with E-state index in [2.05, 4.69) is 9.72 Å². The van der Waals surface area contributed by atoms with E-state index in [1.54, 1.807) is 19.2 Å². The maximum atomic E-state index is 12.5. The minimum absolute atomic E-state index is 0.188. The molecule has 2 rings (SSSR count). The van der Waals surface area contributed by atoms with Gasteiger partial charge in [0.25, 0.3) is 6.47 Å². The van der Waals surface area contributed by atoms with Gasteiger partial charge in [0.2, 0.25) is 0 Å². The van der Waals surface area contributed by atoms with Crippen molar-refractivity contribution >= 4 is 17.4 Å². The summed E-state index contributed by atoms with van der Waals surface area (Å²) in [7, 11) is 0. The molecule has 0 saturated carbocycles. The van der Waals surface area contributed by atoms with Crippen LogP contribution < -0.4 is 0 Å². The van der Waals surface area contributed by atoms with Crippen LogP contribution in [0.3, 0.4) is 0 Å². The SMILES string of the molecule is CCOC=O.Fc1ccc2[nH]ccc2c1. The van der Waals surface area contributed by atoms with Gasteiger partial charge >= 0.3 is 0 Å². The number of carbonyl (C=O) groups excluding carboxylic acids is 1. The second-order valence-electron chi connectivity index (χ2n) is 2.76. The molecule has 0 unspecified atom stereocenters. The van der Waals surface area contributed by atoms with E-state index >= 15 is 0 Å². The zero-order chi connectivity index (χ0) is 11.1. The molecule has 2 aromatic rings. The van der Waals surface area contributed by atoms with E-state index in [1.807, 2.05) is 6.07 Å². The standard InChI is InChI=1S/C8H6FN.C3H6O2/c9-7-1-2-8-6(5-7)3-4-10-8;1-2-5-3-4/h1-5,10H;3H,2H2,1H3. The van der Waals surface area contributed by atoms with E-state index in [4.69, 9.17) is 0 Å². The predicted octanol–water partition coefficient (Wildman–Crippen LogP) is 2.49. The Bertz CT molecular complexity index is 425. The molecule has 1 N–H and O–H groups in total. The van der Waals surface area contributed by atoms with Gasteiger partial charge in [-0.1, -0.05) is 0 Å². The number of fused-ring (bicyclic) bond motifs is 1. The molecule has 4 heteroatoms. The van der Waals surface area contributed by atoms with Crippen LogP contribution in [0, 0.1) is 5.82 Å². The van der Waals surface area contributed by atoms with E-state index in [1.165, 1.54) is 12.1 Å². The first kappa shape index (κ1) is 11.2. The average molecular weight is 209 g/mol. The second kappa shape index (κ2) is 5.80. The van der Waals surface area contributed by atoms with Crippen molar-refractivity contribution in [3.8, 4) is 0 Å². The molecular formula is C11H12FNO2. The number of hydrogen-bond acceptors (Lipinski definition) is 2. The van der Waals surface area contributed by atoms with Gasteiger partial charge in [0, 0.05) is 17.1 Å². The number of halogens is 1. The van der Waals surface area contributed by atoms with Crippen molar-refractivity contribution in [2.75, 3.05) is 6.61 Å². The molecular weight excluding hydrogens is 197 g/mol. The molecule has 15 heavy (non-hydrogen) atoms. The highest BCUT2D eigenvalue weighted by atomic mass is 19.1. The summed E-state index contributed by atoms with van der Waals surface area (Å²) in [6, 6.07) is 6.52. The fourth-order valence-electron chi connectivity index (χ4n) is 1.09. The Morgan fingerprint density at radius 2 is 2.27 bits per heavy atom. The van der Waals surface area contributed by atoms with Gasteiger partial charge in [0.05, 0.1) is 6.61 Å². The van der Waals surface area contributed by atoms with Gasteiger partial charge in [-0.15, -0.1) is 0 Å². The van der Waals surface area contributed by atoms with Crippen molar-refractivity contribution in [1.82, 2.24) is 4.98 Å². The van der Waals surface area contributed by atoms with Gasteiger partial charge in [-0.25, -0.2) is 4.39 Å². The normalized spacial score (nSPS) is 9.20. The van der Waals surface area contributed by atoms with Crippen molar-refractivity contribution < 1.29 is 13.9 Å². The van der Waals surface area contributed by atoms with Crippen molar-refractivity contribution in [2.45, 2.75) is 6.92 Å². The van der Waals surface area contributed by atoms with Crippen molar-refractivity contribution in [1.29, 1.82) is 0 Å². The molecule has 1 heterocycles. The summed E-state index contributed by atoms with van der Waals surface area (Å²) < 4.78 is 16.7. The lowest BCUT2D eigenvalue weighted by atomic mass is 10.2. The van der Waals surface area contributed by atoms with Crippen LogP contribution in [0.4, 0.5) is 4.39 Å². The Labute approximate surface area is 86.9 Å². The topological polar surface area (TPSA) is 42.1 Å². The fourth-order valence-corrected chi connectivity index (χ4v) is 1.09. The predicted molar refractivity (Wildman–Crippen MR) is 55.9 cm³/mol. The van der Waals surface area contributed by atoms with Crippen molar-refractivity contribution in [3.63, 3.8) is 0 Å².